The van der Waals surface area contributed by atoms with Crippen LogP contribution in [0.25, 0.3) is 0 Å². The number of hydrogen-bond acceptors (Lipinski definition) is 5. The highest BCUT2D eigenvalue weighted by Gasteiger charge is 2.30. The Morgan fingerprint density at radius 2 is 1.89 bits per heavy atom. The molecule has 7 heteroatoms. The van der Waals surface area contributed by atoms with Crippen LogP contribution < -0.4 is 29.3 Å². The first kappa shape index (κ1) is 18.4. The number of carbonyl (C=O) groups excluding carboxylic acids is 1. The van der Waals surface area contributed by atoms with Crippen molar-refractivity contribution in [2.75, 3.05) is 50.3 Å². The molecule has 0 aliphatic carbocycles. The van der Waals surface area contributed by atoms with Crippen LogP contribution in [0.15, 0.2) is 42.5 Å². The van der Waals surface area contributed by atoms with Crippen molar-refractivity contribution in [2.24, 2.45) is 0 Å². The highest BCUT2D eigenvalue weighted by atomic mass is 16.7. The molecule has 2 aliphatic heterocycles. The Kier molecular flexibility index (Phi) is 5.25. The summed E-state index contributed by atoms with van der Waals surface area (Å²) >= 11 is 0. The Labute approximate surface area is 164 Å². The van der Waals surface area contributed by atoms with E-state index in [0.29, 0.717) is 11.5 Å². The summed E-state index contributed by atoms with van der Waals surface area (Å²) in [4.78, 5) is 16.3. The molecule has 0 radical (unpaired) electrons. The third kappa shape index (κ3) is 3.71. The molecule has 2 heterocycles. The fourth-order valence-electron chi connectivity index (χ4n) is 3.77. The summed E-state index contributed by atoms with van der Waals surface area (Å²) in [6.07, 6.45) is 0. The molecule has 0 aromatic heterocycles. The SMILES string of the molecule is COc1ccccc1N1CC[NH+]([C@H](C)C(=O)Nc2ccc3c(c2)OCO3)CC1. The smallest absolute Gasteiger partial charge is 0.282 e. The fraction of sp³-hybridized carbons (Fsp3) is 0.381. The number of quaternary nitrogens is 1. The van der Waals surface area contributed by atoms with Gasteiger partial charge < -0.3 is 29.3 Å². The lowest BCUT2D eigenvalue weighted by Gasteiger charge is -2.36. The van der Waals surface area contributed by atoms with E-state index >= 15 is 0 Å². The summed E-state index contributed by atoms with van der Waals surface area (Å²) in [5, 5.41) is 3.00. The van der Waals surface area contributed by atoms with Crippen LogP contribution in [0.3, 0.4) is 0 Å². The zero-order valence-corrected chi connectivity index (χ0v) is 16.2. The maximum Gasteiger partial charge on any atom is 0.282 e. The van der Waals surface area contributed by atoms with Crippen LogP contribution in [0.5, 0.6) is 17.2 Å². The second-order valence-corrected chi connectivity index (χ2v) is 7.10. The van der Waals surface area contributed by atoms with Crippen molar-refractivity contribution in [2.45, 2.75) is 13.0 Å². The summed E-state index contributed by atoms with van der Waals surface area (Å²) in [5.41, 5.74) is 1.84. The van der Waals surface area contributed by atoms with Gasteiger partial charge in [0.2, 0.25) is 6.79 Å². The number of anilines is 2. The van der Waals surface area contributed by atoms with Crippen molar-refractivity contribution in [1.82, 2.24) is 0 Å². The molecule has 2 N–H and O–H groups in total. The predicted octanol–water partition coefficient (Wildman–Crippen LogP) is 1.16. The second kappa shape index (κ2) is 7.98. The molecular formula is C21H26N3O4+. The number of methoxy groups -OCH3 is 1. The molecule has 2 aromatic rings. The van der Waals surface area contributed by atoms with Crippen LogP contribution in [0.1, 0.15) is 6.92 Å². The molecule has 1 saturated heterocycles. The van der Waals surface area contributed by atoms with Crippen LogP contribution in [-0.4, -0.2) is 52.0 Å². The zero-order chi connectivity index (χ0) is 19.5. The fourth-order valence-corrected chi connectivity index (χ4v) is 3.77. The lowest BCUT2D eigenvalue weighted by Crippen LogP contribution is -3.19. The molecule has 28 heavy (non-hydrogen) atoms. The summed E-state index contributed by atoms with van der Waals surface area (Å²) in [5.74, 6) is 2.28. The first-order chi connectivity index (χ1) is 13.7. The van der Waals surface area contributed by atoms with Crippen molar-refractivity contribution in [3.63, 3.8) is 0 Å². The van der Waals surface area contributed by atoms with E-state index in [1.807, 2.05) is 43.3 Å². The van der Waals surface area contributed by atoms with Crippen molar-refractivity contribution in [3.8, 4) is 17.2 Å². The maximum atomic E-state index is 12.7. The van der Waals surface area contributed by atoms with Gasteiger partial charge >= 0.3 is 0 Å². The molecule has 7 nitrogen and oxygen atoms in total. The number of hydrogen-bond donors (Lipinski definition) is 2. The molecule has 0 spiro atoms. The van der Waals surface area contributed by atoms with Gasteiger partial charge in [-0.05, 0) is 31.2 Å². The number of fused-ring (bicyclic) bond motifs is 1. The van der Waals surface area contributed by atoms with E-state index in [4.69, 9.17) is 14.2 Å². The van der Waals surface area contributed by atoms with Crippen molar-refractivity contribution < 1.29 is 23.9 Å². The maximum absolute atomic E-state index is 12.7. The van der Waals surface area contributed by atoms with E-state index in [0.717, 1.165) is 43.3 Å². The summed E-state index contributed by atoms with van der Waals surface area (Å²) in [7, 11) is 1.70. The third-order valence-electron chi connectivity index (χ3n) is 5.48. The van der Waals surface area contributed by atoms with Crippen LogP contribution in [0.4, 0.5) is 11.4 Å². The number of para-hydroxylation sites is 2. The minimum atomic E-state index is -0.134. The van der Waals surface area contributed by atoms with E-state index in [1.54, 1.807) is 7.11 Å². The van der Waals surface area contributed by atoms with Gasteiger partial charge in [-0.3, -0.25) is 4.79 Å². The van der Waals surface area contributed by atoms with Crippen LogP contribution in [-0.2, 0) is 4.79 Å². The van der Waals surface area contributed by atoms with Crippen LogP contribution >= 0.6 is 0 Å². The van der Waals surface area contributed by atoms with Crippen LogP contribution in [0, 0.1) is 0 Å². The van der Waals surface area contributed by atoms with Crippen LogP contribution in [0.2, 0.25) is 0 Å². The molecule has 0 bridgehead atoms. The number of nitrogens with zero attached hydrogens (tertiary/aromatic N) is 1. The quantitative estimate of drug-likeness (QED) is 0.810. The van der Waals surface area contributed by atoms with Gasteiger partial charge in [-0.25, -0.2) is 0 Å². The van der Waals surface area contributed by atoms with Gasteiger partial charge in [0.05, 0.1) is 39.0 Å². The summed E-state index contributed by atoms with van der Waals surface area (Å²) in [6.45, 7) is 5.77. The molecule has 1 atom stereocenters. The second-order valence-electron chi connectivity index (χ2n) is 7.10. The standard InChI is InChI=1S/C21H25N3O4/c1-15(21(25)22-16-7-8-19-20(13-16)28-14-27-19)23-9-11-24(12-10-23)17-5-3-4-6-18(17)26-2/h3-8,13,15H,9-12,14H2,1-2H3,(H,22,25)/p+1/t15-/m1/s1. The molecule has 2 aromatic carbocycles. The molecular weight excluding hydrogens is 358 g/mol. The Balaban J connectivity index is 1.34. The van der Waals surface area contributed by atoms with Gasteiger partial charge in [-0.15, -0.1) is 0 Å². The van der Waals surface area contributed by atoms with E-state index in [1.165, 1.54) is 4.90 Å². The van der Waals surface area contributed by atoms with E-state index in [9.17, 15) is 4.79 Å². The molecule has 1 amide bonds. The average Bonchev–Trinajstić information content (AvgIpc) is 3.21. The Bertz CT molecular complexity index is 849. The third-order valence-corrected chi connectivity index (χ3v) is 5.48. The number of rotatable bonds is 5. The van der Waals surface area contributed by atoms with E-state index in [2.05, 4.69) is 16.3 Å². The first-order valence-electron chi connectivity index (χ1n) is 9.59. The van der Waals surface area contributed by atoms with E-state index in [-0.39, 0.29) is 18.7 Å². The predicted molar refractivity (Wildman–Crippen MR) is 107 cm³/mol. The number of carbonyl (C=O) groups is 1. The summed E-state index contributed by atoms with van der Waals surface area (Å²) < 4.78 is 16.2. The average molecular weight is 384 g/mol. The zero-order valence-electron chi connectivity index (χ0n) is 16.2. The molecule has 0 saturated carbocycles. The minimum Gasteiger partial charge on any atom is -0.495 e. The monoisotopic (exact) mass is 384 g/mol. The van der Waals surface area contributed by atoms with Gasteiger partial charge in [0.15, 0.2) is 17.5 Å². The van der Waals surface area contributed by atoms with Crippen molar-refractivity contribution in [3.05, 3.63) is 42.5 Å². The number of ether oxygens (including phenoxy) is 3. The minimum absolute atomic E-state index is 0.0135. The van der Waals surface area contributed by atoms with Crippen molar-refractivity contribution >= 4 is 17.3 Å². The number of amides is 1. The molecule has 4 rings (SSSR count). The largest absolute Gasteiger partial charge is 0.495 e. The first-order valence-corrected chi connectivity index (χ1v) is 9.59. The normalized spacial score (nSPS) is 17.3. The molecule has 148 valence electrons. The van der Waals surface area contributed by atoms with E-state index < -0.39 is 0 Å². The van der Waals surface area contributed by atoms with Gasteiger partial charge in [0.25, 0.3) is 5.91 Å². The Morgan fingerprint density at radius 1 is 1.14 bits per heavy atom. The van der Waals surface area contributed by atoms with Gasteiger partial charge in [0.1, 0.15) is 5.75 Å². The highest BCUT2D eigenvalue weighted by Crippen LogP contribution is 2.34. The lowest BCUT2D eigenvalue weighted by atomic mass is 10.2. The van der Waals surface area contributed by atoms with Gasteiger partial charge in [0, 0.05) is 11.8 Å². The summed E-state index contributed by atoms with van der Waals surface area (Å²) in [6, 6.07) is 13.4. The number of nitrogens with one attached hydrogen (secondary N) is 2. The lowest BCUT2D eigenvalue weighted by molar-refractivity contribution is -0.914. The molecule has 0 unspecified atom stereocenters. The Morgan fingerprint density at radius 3 is 2.68 bits per heavy atom. The Hall–Kier alpha value is -2.93. The number of benzene rings is 2. The molecule has 2 aliphatic rings. The van der Waals surface area contributed by atoms with Crippen molar-refractivity contribution in [1.29, 1.82) is 0 Å². The van der Waals surface area contributed by atoms with Gasteiger partial charge in [-0.2, -0.15) is 0 Å². The van der Waals surface area contributed by atoms with Gasteiger partial charge in [-0.1, -0.05) is 12.1 Å². The number of piperazine rings is 1. The molecule has 1 fully saturated rings. The highest BCUT2D eigenvalue weighted by molar-refractivity contribution is 5.94. The topological polar surface area (TPSA) is 64.5 Å².